The Hall–Kier alpha value is -1.69. The molecule has 0 aromatic heterocycles. The maximum atomic E-state index is 13.5. The standard InChI is InChI=1S/C11H11FO4S/c1-2-3-6-17(15,16)10-5-4-8(11(13)14)7-9(10)12/h2,4-5,7H,1,3,6H2,(H,13,14). The number of carbonyl (C=O) groups is 1. The molecule has 0 aliphatic carbocycles. The van der Waals surface area contributed by atoms with Crippen molar-refractivity contribution in [1.82, 2.24) is 0 Å². The van der Waals surface area contributed by atoms with Crippen molar-refractivity contribution < 1.29 is 22.7 Å². The van der Waals surface area contributed by atoms with Gasteiger partial charge >= 0.3 is 5.97 Å². The summed E-state index contributed by atoms with van der Waals surface area (Å²) in [5.74, 6) is -2.60. The molecule has 0 atom stereocenters. The lowest BCUT2D eigenvalue weighted by Crippen LogP contribution is -2.09. The van der Waals surface area contributed by atoms with E-state index in [1.54, 1.807) is 0 Å². The van der Waals surface area contributed by atoms with E-state index in [2.05, 4.69) is 6.58 Å². The van der Waals surface area contributed by atoms with Crippen LogP contribution < -0.4 is 0 Å². The molecule has 17 heavy (non-hydrogen) atoms. The van der Waals surface area contributed by atoms with E-state index in [0.717, 1.165) is 12.1 Å². The minimum Gasteiger partial charge on any atom is -0.478 e. The Bertz CT molecular complexity index is 549. The van der Waals surface area contributed by atoms with Crippen LogP contribution in [0.25, 0.3) is 0 Å². The molecule has 0 saturated carbocycles. The number of aromatic carboxylic acids is 1. The van der Waals surface area contributed by atoms with Crippen molar-refractivity contribution in [2.75, 3.05) is 5.75 Å². The van der Waals surface area contributed by atoms with Crippen molar-refractivity contribution in [3.8, 4) is 0 Å². The first-order valence-electron chi connectivity index (χ1n) is 4.75. The van der Waals surface area contributed by atoms with Gasteiger partial charge in [0.15, 0.2) is 9.84 Å². The molecule has 0 unspecified atom stereocenters. The van der Waals surface area contributed by atoms with E-state index in [-0.39, 0.29) is 17.7 Å². The van der Waals surface area contributed by atoms with Gasteiger partial charge in [0.25, 0.3) is 0 Å². The molecule has 1 aromatic rings. The van der Waals surface area contributed by atoms with Crippen LogP contribution >= 0.6 is 0 Å². The molecule has 4 nitrogen and oxygen atoms in total. The number of benzene rings is 1. The summed E-state index contributed by atoms with van der Waals surface area (Å²) in [4.78, 5) is 10.1. The van der Waals surface area contributed by atoms with E-state index in [9.17, 15) is 17.6 Å². The molecule has 0 heterocycles. The van der Waals surface area contributed by atoms with Crippen LogP contribution in [0.2, 0.25) is 0 Å². The molecular formula is C11H11FO4S. The predicted molar refractivity (Wildman–Crippen MR) is 60.2 cm³/mol. The third-order valence-corrected chi connectivity index (χ3v) is 3.88. The van der Waals surface area contributed by atoms with Gasteiger partial charge in [0.05, 0.1) is 11.3 Å². The van der Waals surface area contributed by atoms with Crippen LogP contribution in [0.4, 0.5) is 4.39 Å². The zero-order valence-electron chi connectivity index (χ0n) is 8.89. The molecule has 1 N–H and O–H groups in total. The largest absolute Gasteiger partial charge is 0.478 e. The van der Waals surface area contributed by atoms with Gasteiger partial charge in [0.1, 0.15) is 10.7 Å². The fourth-order valence-electron chi connectivity index (χ4n) is 1.23. The minimum atomic E-state index is -3.73. The summed E-state index contributed by atoms with van der Waals surface area (Å²) < 4.78 is 36.8. The molecule has 0 aliphatic heterocycles. The van der Waals surface area contributed by atoms with E-state index in [0.29, 0.717) is 6.07 Å². The average molecular weight is 258 g/mol. The molecule has 1 rings (SSSR count). The smallest absolute Gasteiger partial charge is 0.335 e. The van der Waals surface area contributed by atoms with Crippen molar-refractivity contribution in [2.24, 2.45) is 0 Å². The number of allylic oxidation sites excluding steroid dienone is 1. The third kappa shape index (κ3) is 3.13. The topological polar surface area (TPSA) is 71.4 Å². The maximum Gasteiger partial charge on any atom is 0.335 e. The summed E-state index contributed by atoms with van der Waals surface area (Å²) in [6, 6.07) is 2.73. The molecule has 0 spiro atoms. The molecule has 0 bridgehead atoms. The van der Waals surface area contributed by atoms with E-state index >= 15 is 0 Å². The van der Waals surface area contributed by atoms with Crippen LogP contribution in [0.15, 0.2) is 35.7 Å². The summed E-state index contributed by atoms with van der Waals surface area (Å²) in [6.07, 6.45) is 1.63. The van der Waals surface area contributed by atoms with Crippen LogP contribution in [0.3, 0.4) is 0 Å². The number of hydrogen-bond acceptors (Lipinski definition) is 3. The number of hydrogen-bond donors (Lipinski definition) is 1. The summed E-state index contributed by atoms with van der Waals surface area (Å²) in [7, 11) is -3.73. The van der Waals surface area contributed by atoms with E-state index in [4.69, 9.17) is 5.11 Å². The van der Waals surface area contributed by atoms with Gasteiger partial charge < -0.3 is 5.11 Å². The fourth-order valence-corrected chi connectivity index (χ4v) is 2.56. The third-order valence-electron chi connectivity index (χ3n) is 2.10. The fraction of sp³-hybridized carbons (Fsp3) is 0.182. The summed E-state index contributed by atoms with van der Waals surface area (Å²) >= 11 is 0. The molecule has 1 aromatic carbocycles. The highest BCUT2D eigenvalue weighted by Crippen LogP contribution is 2.18. The molecule has 0 saturated heterocycles. The van der Waals surface area contributed by atoms with E-state index < -0.39 is 26.5 Å². The Morgan fingerprint density at radius 3 is 2.59 bits per heavy atom. The average Bonchev–Trinajstić information content (AvgIpc) is 2.25. The molecule has 0 amide bonds. The molecule has 0 radical (unpaired) electrons. The number of rotatable bonds is 5. The van der Waals surface area contributed by atoms with Gasteiger partial charge in [0, 0.05) is 0 Å². The van der Waals surface area contributed by atoms with Crippen LogP contribution in [-0.4, -0.2) is 25.2 Å². The first kappa shape index (κ1) is 13.4. The Morgan fingerprint density at radius 2 is 2.12 bits per heavy atom. The van der Waals surface area contributed by atoms with Gasteiger partial charge in [0.2, 0.25) is 0 Å². The second kappa shape index (κ2) is 5.09. The van der Waals surface area contributed by atoms with Crippen molar-refractivity contribution in [2.45, 2.75) is 11.3 Å². The van der Waals surface area contributed by atoms with Crippen molar-refractivity contribution >= 4 is 15.8 Å². The van der Waals surface area contributed by atoms with Crippen LogP contribution in [0, 0.1) is 5.82 Å². The van der Waals surface area contributed by atoms with Crippen molar-refractivity contribution in [1.29, 1.82) is 0 Å². The monoisotopic (exact) mass is 258 g/mol. The van der Waals surface area contributed by atoms with E-state index in [1.165, 1.54) is 6.08 Å². The van der Waals surface area contributed by atoms with Gasteiger partial charge in [-0.2, -0.15) is 0 Å². The maximum absolute atomic E-state index is 13.5. The van der Waals surface area contributed by atoms with Crippen molar-refractivity contribution in [3.63, 3.8) is 0 Å². The SMILES string of the molecule is C=CCCS(=O)(=O)c1ccc(C(=O)O)cc1F. The number of sulfone groups is 1. The number of carboxylic acids is 1. The Morgan fingerprint density at radius 1 is 1.47 bits per heavy atom. The number of carboxylic acid groups (broad SMARTS) is 1. The summed E-state index contributed by atoms with van der Waals surface area (Å²) in [5, 5.41) is 8.62. The predicted octanol–water partition coefficient (Wildman–Crippen LogP) is 1.87. The Labute approximate surface area is 98.3 Å². The summed E-state index contributed by atoms with van der Waals surface area (Å²) in [5.41, 5.74) is -0.287. The van der Waals surface area contributed by atoms with Crippen LogP contribution in [0.5, 0.6) is 0 Å². The molecule has 6 heteroatoms. The second-order valence-electron chi connectivity index (χ2n) is 3.35. The lowest BCUT2D eigenvalue weighted by Gasteiger charge is -2.05. The van der Waals surface area contributed by atoms with Gasteiger partial charge in [-0.1, -0.05) is 6.08 Å². The normalized spacial score (nSPS) is 11.1. The van der Waals surface area contributed by atoms with Crippen LogP contribution in [-0.2, 0) is 9.84 Å². The summed E-state index contributed by atoms with van der Waals surface area (Å²) in [6.45, 7) is 3.38. The molecule has 0 fully saturated rings. The van der Waals surface area contributed by atoms with Gasteiger partial charge in [-0.3, -0.25) is 0 Å². The lowest BCUT2D eigenvalue weighted by molar-refractivity contribution is 0.0696. The quantitative estimate of drug-likeness (QED) is 0.818. The van der Waals surface area contributed by atoms with Gasteiger partial charge in [-0.25, -0.2) is 17.6 Å². The Kier molecular flexibility index (Phi) is 4.01. The zero-order valence-corrected chi connectivity index (χ0v) is 9.71. The number of halogens is 1. The highest BCUT2D eigenvalue weighted by Gasteiger charge is 2.19. The van der Waals surface area contributed by atoms with Gasteiger partial charge in [-0.15, -0.1) is 6.58 Å². The highest BCUT2D eigenvalue weighted by molar-refractivity contribution is 7.91. The highest BCUT2D eigenvalue weighted by atomic mass is 32.2. The second-order valence-corrected chi connectivity index (χ2v) is 5.42. The van der Waals surface area contributed by atoms with Crippen molar-refractivity contribution in [3.05, 3.63) is 42.2 Å². The van der Waals surface area contributed by atoms with Gasteiger partial charge in [-0.05, 0) is 24.6 Å². The molecule has 0 aliphatic rings. The first-order valence-corrected chi connectivity index (χ1v) is 6.40. The van der Waals surface area contributed by atoms with Crippen LogP contribution in [0.1, 0.15) is 16.8 Å². The lowest BCUT2D eigenvalue weighted by atomic mass is 10.2. The molecule has 92 valence electrons. The Balaban J connectivity index is 3.16. The van der Waals surface area contributed by atoms with E-state index in [1.807, 2.05) is 0 Å². The first-order chi connectivity index (χ1) is 7.88. The zero-order chi connectivity index (χ0) is 13.1. The molecular weight excluding hydrogens is 247 g/mol. The minimum absolute atomic E-state index is 0.211.